The molecule has 1 atom stereocenters. The standard InChI is InChI=1S/C22H23N3O4/c1-29-19-11-7-17(8-12-19)13-23(18-9-10-18)15-25-21(27)20(26)24(22(25)28)14-16-5-3-2-4-6-16/h2-8,11-12,18H,9-10,13-15H2,1H3/p+1. The molecule has 1 aliphatic carbocycles. The minimum Gasteiger partial charge on any atom is -0.497 e. The summed E-state index contributed by atoms with van der Waals surface area (Å²) in [6, 6.07) is 16.9. The molecule has 1 unspecified atom stereocenters. The molecule has 2 fully saturated rings. The summed E-state index contributed by atoms with van der Waals surface area (Å²) in [4.78, 5) is 41.0. The summed E-state index contributed by atoms with van der Waals surface area (Å²) in [5.41, 5.74) is 1.91. The van der Waals surface area contributed by atoms with E-state index >= 15 is 0 Å². The molecule has 150 valence electrons. The molecular weight excluding hydrogens is 370 g/mol. The molecule has 7 nitrogen and oxygen atoms in total. The number of ether oxygens (including phenoxy) is 1. The number of nitrogens with zero attached hydrogens (tertiary/aromatic N) is 2. The van der Waals surface area contributed by atoms with Gasteiger partial charge in [0.25, 0.3) is 0 Å². The van der Waals surface area contributed by atoms with Crippen molar-refractivity contribution in [2.24, 2.45) is 0 Å². The Balaban J connectivity index is 1.46. The smallest absolute Gasteiger partial charge is 0.339 e. The van der Waals surface area contributed by atoms with Crippen molar-refractivity contribution in [2.75, 3.05) is 13.8 Å². The maximum absolute atomic E-state index is 12.8. The molecule has 1 saturated carbocycles. The molecule has 2 aromatic carbocycles. The molecule has 1 saturated heterocycles. The first-order chi connectivity index (χ1) is 14.1. The molecule has 0 radical (unpaired) electrons. The molecule has 4 rings (SSSR count). The highest BCUT2D eigenvalue weighted by Gasteiger charge is 2.47. The first-order valence-electron chi connectivity index (χ1n) is 9.75. The largest absolute Gasteiger partial charge is 0.497 e. The van der Waals surface area contributed by atoms with Crippen molar-refractivity contribution in [3.63, 3.8) is 0 Å². The molecular formula is C22H24N3O4+. The zero-order valence-electron chi connectivity index (χ0n) is 16.3. The van der Waals surface area contributed by atoms with Crippen molar-refractivity contribution in [2.45, 2.75) is 32.0 Å². The summed E-state index contributed by atoms with van der Waals surface area (Å²) in [5.74, 6) is -0.703. The van der Waals surface area contributed by atoms with Crippen LogP contribution in [-0.4, -0.2) is 47.5 Å². The third-order valence-corrected chi connectivity index (χ3v) is 5.42. The van der Waals surface area contributed by atoms with E-state index in [2.05, 4.69) is 0 Å². The van der Waals surface area contributed by atoms with E-state index in [1.165, 1.54) is 0 Å². The summed E-state index contributed by atoms with van der Waals surface area (Å²) in [6.45, 7) is 0.988. The normalized spacial score (nSPS) is 17.8. The van der Waals surface area contributed by atoms with Gasteiger partial charge in [-0.15, -0.1) is 0 Å². The van der Waals surface area contributed by atoms with Crippen LogP contribution in [0.1, 0.15) is 24.0 Å². The van der Waals surface area contributed by atoms with Gasteiger partial charge >= 0.3 is 17.8 Å². The van der Waals surface area contributed by atoms with Crippen LogP contribution in [0.3, 0.4) is 0 Å². The van der Waals surface area contributed by atoms with E-state index in [1.54, 1.807) is 7.11 Å². The van der Waals surface area contributed by atoms with Crippen LogP contribution in [0, 0.1) is 0 Å². The maximum Gasteiger partial charge on any atom is 0.339 e. The van der Waals surface area contributed by atoms with Crippen molar-refractivity contribution in [1.82, 2.24) is 9.80 Å². The number of imide groups is 2. The van der Waals surface area contributed by atoms with Gasteiger partial charge in [-0.05, 0) is 29.8 Å². The molecule has 7 heteroatoms. The Bertz CT molecular complexity index is 909. The van der Waals surface area contributed by atoms with Crippen molar-refractivity contribution < 1.29 is 24.0 Å². The van der Waals surface area contributed by atoms with Crippen molar-refractivity contribution >= 4 is 17.8 Å². The predicted molar refractivity (Wildman–Crippen MR) is 105 cm³/mol. The van der Waals surface area contributed by atoms with Crippen LogP contribution in [-0.2, 0) is 22.7 Å². The Hall–Kier alpha value is -3.19. The van der Waals surface area contributed by atoms with Crippen molar-refractivity contribution in [3.8, 4) is 5.75 Å². The van der Waals surface area contributed by atoms with Crippen molar-refractivity contribution in [1.29, 1.82) is 0 Å². The van der Waals surface area contributed by atoms with Gasteiger partial charge in [-0.25, -0.2) is 9.69 Å². The number of rotatable bonds is 8. The number of carbonyl (C=O) groups is 3. The number of quaternary nitrogens is 1. The second-order valence-corrected chi connectivity index (χ2v) is 7.51. The SMILES string of the molecule is COc1ccc(C[NH+](CN2C(=O)C(=O)N(Cc3ccccc3)C2=O)C2CC2)cc1. The van der Waals surface area contributed by atoms with Gasteiger partial charge in [-0.2, -0.15) is 0 Å². The molecule has 0 aromatic heterocycles. The van der Waals surface area contributed by atoms with Gasteiger partial charge in [-0.1, -0.05) is 30.3 Å². The molecule has 1 aliphatic heterocycles. The Morgan fingerprint density at radius 1 is 0.897 bits per heavy atom. The summed E-state index contributed by atoms with van der Waals surface area (Å²) >= 11 is 0. The molecule has 4 amide bonds. The minimum absolute atomic E-state index is 0.109. The quantitative estimate of drug-likeness (QED) is 0.539. The molecule has 1 heterocycles. The fraction of sp³-hybridized carbons (Fsp3) is 0.318. The second-order valence-electron chi connectivity index (χ2n) is 7.51. The van der Waals surface area contributed by atoms with Crippen LogP contribution in [0.4, 0.5) is 4.79 Å². The molecule has 2 aromatic rings. The van der Waals surface area contributed by atoms with Crippen LogP contribution in [0.2, 0.25) is 0 Å². The lowest BCUT2D eigenvalue weighted by atomic mass is 10.2. The minimum atomic E-state index is -0.751. The number of nitrogens with one attached hydrogen (secondary N) is 1. The number of hydrogen-bond acceptors (Lipinski definition) is 4. The first-order valence-corrected chi connectivity index (χ1v) is 9.75. The fourth-order valence-electron chi connectivity index (χ4n) is 3.62. The fourth-order valence-corrected chi connectivity index (χ4v) is 3.62. The topological polar surface area (TPSA) is 71.4 Å². The average molecular weight is 394 g/mol. The molecule has 0 bridgehead atoms. The van der Waals surface area contributed by atoms with Crippen molar-refractivity contribution in [3.05, 3.63) is 65.7 Å². The summed E-state index contributed by atoms with van der Waals surface area (Å²) in [5, 5.41) is 0. The zero-order chi connectivity index (χ0) is 20.4. The van der Waals surface area contributed by atoms with Gasteiger partial charge in [-0.3, -0.25) is 14.5 Å². The second kappa shape index (κ2) is 8.05. The molecule has 29 heavy (non-hydrogen) atoms. The van der Waals surface area contributed by atoms with Gasteiger partial charge in [0.1, 0.15) is 12.3 Å². The molecule has 1 N–H and O–H groups in total. The van der Waals surface area contributed by atoms with Crippen LogP contribution >= 0.6 is 0 Å². The summed E-state index contributed by atoms with van der Waals surface area (Å²) in [7, 11) is 1.62. The Morgan fingerprint density at radius 2 is 1.55 bits per heavy atom. The lowest BCUT2D eigenvalue weighted by molar-refractivity contribution is -0.931. The van der Waals surface area contributed by atoms with Gasteiger partial charge in [0.05, 0.1) is 19.7 Å². The van der Waals surface area contributed by atoms with Gasteiger partial charge in [0.15, 0.2) is 6.67 Å². The summed E-state index contributed by atoms with van der Waals surface area (Å²) < 4.78 is 5.19. The third-order valence-electron chi connectivity index (χ3n) is 5.42. The Morgan fingerprint density at radius 3 is 2.17 bits per heavy atom. The lowest BCUT2D eigenvalue weighted by Crippen LogP contribution is -3.13. The lowest BCUT2D eigenvalue weighted by Gasteiger charge is -2.23. The number of carbonyl (C=O) groups excluding carboxylic acids is 3. The third kappa shape index (κ3) is 4.14. The van der Waals surface area contributed by atoms with E-state index in [1.807, 2.05) is 54.6 Å². The Labute approximate surface area is 169 Å². The van der Waals surface area contributed by atoms with Gasteiger partial charge in [0, 0.05) is 18.4 Å². The number of methoxy groups -OCH3 is 1. The van der Waals surface area contributed by atoms with Crippen LogP contribution in [0.25, 0.3) is 0 Å². The maximum atomic E-state index is 12.8. The molecule has 2 aliphatic rings. The first kappa shape index (κ1) is 19.1. The summed E-state index contributed by atoms with van der Waals surface area (Å²) in [6.07, 6.45) is 2.12. The van der Waals surface area contributed by atoms with Crippen LogP contribution in [0.5, 0.6) is 5.75 Å². The number of benzene rings is 2. The highest BCUT2D eigenvalue weighted by Crippen LogP contribution is 2.19. The monoisotopic (exact) mass is 394 g/mol. The van der Waals surface area contributed by atoms with E-state index < -0.39 is 17.8 Å². The van der Waals surface area contributed by atoms with E-state index in [0.29, 0.717) is 12.6 Å². The average Bonchev–Trinajstić information content (AvgIpc) is 3.57. The number of hydrogen-bond donors (Lipinski definition) is 1. The predicted octanol–water partition coefficient (Wildman–Crippen LogP) is 1.19. The molecule has 0 spiro atoms. The van der Waals surface area contributed by atoms with E-state index in [4.69, 9.17) is 4.74 Å². The van der Waals surface area contributed by atoms with Gasteiger partial charge < -0.3 is 9.64 Å². The highest BCUT2D eigenvalue weighted by molar-refractivity contribution is 6.44. The van der Waals surface area contributed by atoms with Crippen LogP contribution in [0.15, 0.2) is 54.6 Å². The zero-order valence-corrected chi connectivity index (χ0v) is 16.3. The van der Waals surface area contributed by atoms with Gasteiger partial charge in [0.2, 0.25) is 0 Å². The highest BCUT2D eigenvalue weighted by atomic mass is 16.5. The Kier molecular flexibility index (Phi) is 5.31. The van der Waals surface area contributed by atoms with E-state index in [0.717, 1.165) is 44.4 Å². The van der Waals surface area contributed by atoms with Crippen LogP contribution < -0.4 is 9.64 Å². The van der Waals surface area contributed by atoms with E-state index in [9.17, 15) is 14.4 Å². The number of amides is 4. The number of urea groups is 1. The van der Waals surface area contributed by atoms with E-state index in [-0.39, 0.29) is 13.2 Å².